The molecule has 0 aliphatic carbocycles. The maximum Gasteiger partial charge on any atom is 0.418 e. The van der Waals surface area contributed by atoms with Crippen molar-refractivity contribution in [3.05, 3.63) is 57.3 Å². The summed E-state index contributed by atoms with van der Waals surface area (Å²) in [5.74, 6) is -1.13. The number of carbonyl (C=O) groups excluding carboxylic acids is 2. The van der Waals surface area contributed by atoms with Crippen LogP contribution in [0.2, 0.25) is 0 Å². The Kier molecular flexibility index (Phi) is 6.93. The maximum absolute atomic E-state index is 13.1. The van der Waals surface area contributed by atoms with Gasteiger partial charge in [-0.05, 0) is 26.0 Å². The molecule has 1 heterocycles. The van der Waals surface area contributed by atoms with Crippen LogP contribution in [0.25, 0.3) is 0 Å². The van der Waals surface area contributed by atoms with Crippen LogP contribution in [0, 0.1) is 6.92 Å². The van der Waals surface area contributed by atoms with Gasteiger partial charge in [0.1, 0.15) is 17.9 Å². The highest BCUT2D eigenvalue weighted by Gasteiger charge is 2.34. The quantitative estimate of drug-likeness (QED) is 0.747. The van der Waals surface area contributed by atoms with Crippen LogP contribution >= 0.6 is 0 Å². The average molecular weight is 438 g/mol. The molecule has 0 atom stereocenters. The van der Waals surface area contributed by atoms with Crippen molar-refractivity contribution in [3.8, 4) is 0 Å². The number of halogens is 3. The zero-order valence-electron chi connectivity index (χ0n) is 18.0. The van der Waals surface area contributed by atoms with E-state index < -0.39 is 46.8 Å². The van der Waals surface area contributed by atoms with Gasteiger partial charge in [-0.15, -0.1) is 0 Å². The molecule has 0 radical (unpaired) electrons. The molecule has 0 unspecified atom stereocenters. The van der Waals surface area contributed by atoms with Crippen LogP contribution in [-0.4, -0.2) is 39.8 Å². The van der Waals surface area contributed by atoms with E-state index in [-0.39, 0.29) is 17.8 Å². The summed E-state index contributed by atoms with van der Waals surface area (Å²) in [6.07, 6.45) is -4.64. The zero-order chi connectivity index (χ0) is 23.6. The van der Waals surface area contributed by atoms with Gasteiger partial charge in [-0.2, -0.15) is 13.2 Å². The Morgan fingerprint density at radius 3 is 2.29 bits per heavy atom. The molecule has 0 bridgehead atoms. The van der Waals surface area contributed by atoms with Crippen molar-refractivity contribution in [2.75, 3.05) is 18.4 Å². The van der Waals surface area contributed by atoms with E-state index in [0.717, 1.165) is 17.0 Å². The Morgan fingerprint density at radius 1 is 1.16 bits per heavy atom. The number of para-hydroxylation sites is 1. The number of H-pyrrole nitrogens is 1. The first kappa shape index (κ1) is 24.1. The molecule has 2 aromatic rings. The van der Waals surface area contributed by atoms with Crippen LogP contribution in [0.15, 0.2) is 29.1 Å². The lowest BCUT2D eigenvalue weighted by atomic mass is 9.95. The Labute approximate surface area is 177 Å². The van der Waals surface area contributed by atoms with E-state index in [1.54, 1.807) is 6.92 Å². The highest BCUT2D eigenvalue weighted by molar-refractivity contribution is 6.00. The van der Waals surface area contributed by atoms with Crippen molar-refractivity contribution in [2.24, 2.45) is 0 Å². The lowest BCUT2D eigenvalue weighted by Gasteiger charge is -2.23. The number of carbonyl (C=O) groups is 2. The van der Waals surface area contributed by atoms with Crippen molar-refractivity contribution >= 4 is 17.5 Å². The van der Waals surface area contributed by atoms with Gasteiger partial charge in [0, 0.05) is 12.0 Å². The second-order valence-electron chi connectivity index (χ2n) is 8.04. The summed E-state index contributed by atoms with van der Waals surface area (Å²) in [5, 5.41) is 2.19. The number of aromatic amines is 1. The van der Waals surface area contributed by atoms with E-state index in [1.807, 2.05) is 20.8 Å². The second kappa shape index (κ2) is 8.91. The first-order valence-electron chi connectivity index (χ1n) is 9.62. The van der Waals surface area contributed by atoms with E-state index >= 15 is 0 Å². The third-order valence-corrected chi connectivity index (χ3v) is 4.53. The normalized spacial score (nSPS) is 11.9. The number of aryl methyl sites for hydroxylation is 1. The van der Waals surface area contributed by atoms with E-state index in [2.05, 4.69) is 15.3 Å². The molecular weight excluding hydrogens is 413 g/mol. The molecule has 0 aliphatic rings. The number of hydrogen-bond donors (Lipinski definition) is 2. The third kappa shape index (κ3) is 5.71. The van der Waals surface area contributed by atoms with E-state index in [0.29, 0.717) is 5.82 Å². The fourth-order valence-corrected chi connectivity index (χ4v) is 2.88. The number of nitrogens with one attached hydrogen (secondary N) is 2. The molecular formula is C21H25F3N4O3. The standard InChI is InChI=1S/C21H25F3N4O3/c1-6-28(11-15(29)26-14-10-8-7-9-13(14)21(22,23)24)18(31)16-12(2)25-19(20(3,4)5)27-17(16)30/h7-10H,6,11H2,1-5H3,(H,26,29)(H,25,27,30). The van der Waals surface area contributed by atoms with Crippen LogP contribution in [0.1, 0.15) is 55.1 Å². The number of nitrogens with zero attached hydrogens (tertiary/aromatic N) is 2. The van der Waals surface area contributed by atoms with Crippen LogP contribution in [0.5, 0.6) is 0 Å². The van der Waals surface area contributed by atoms with Crippen molar-refractivity contribution in [1.82, 2.24) is 14.9 Å². The number of anilines is 1. The van der Waals surface area contributed by atoms with Crippen molar-refractivity contribution in [2.45, 2.75) is 46.2 Å². The third-order valence-electron chi connectivity index (χ3n) is 4.53. The molecule has 168 valence electrons. The fraction of sp³-hybridized carbons (Fsp3) is 0.429. The maximum atomic E-state index is 13.1. The summed E-state index contributed by atoms with van der Waals surface area (Å²) in [5.41, 5.74) is -2.48. The predicted molar refractivity (Wildman–Crippen MR) is 110 cm³/mol. The van der Waals surface area contributed by atoms with Gasteiger partial charge < -0.3 is 15.2 Å². The van der Waals surface area contributed by atoms with Gasteiger partial charge in [-0.3, -0.25) is 14.4 Å². The summed E-state index contributed by atoms with van der Waals surface area (Å²) >= 11 is 0. The molecule has 31 heavy (non-hydrogen) atoms. The largest absolute Gasteiger partial charge is 0.418 e. The number of alkyl halides is 3. The second-order valence-corrected chi connectivity index (χ2v) is 8.04. The molecule has 0 spiro atoms. The summed E-state index contributed by atoms with van der Waals surface area (Å²) in [7, 11) is 0. The summed E-state index contributed by atoms with van der Waals surface area (Å²) in [6, 6.07) is 4.55. The Morgan fingerprint density at radius 2 is 1.77 bits per heavy atom. The summed E-state index contributed by atoms with van der Waals surface area (Å²) < 4.78 is 39.4. The van der Waals surface area contributed by atoms with Gasteiger partial charge in [0.05, 0.1) is 16.9 Å². The van der Waals surface area contributed by atoms with Gasteiger partial charge in [0.25, 0.3) is 11.5 Å². The molecule has 0 saturated heterocycles. The first-order valence-corrected chi connectivity index (χ1v) is 9.62. The monoisotopic (exact) mass is 438 g/mol. The molecule has 1 aromatic heterocycles. The molecule has 0 fully saturated rings. The minimum absolute atomic E-state index is 0.0626. The summed E-state index contributed by atoms with van der Waals surface area (Å²) in [6.45, 7) is 8.21. The Bertz CT molecular complexity index is 1040. The van der Waals surface area contributed by atoms with E-state index in [9.17, 15) is 27.6 Å². The first-order chi connectivity index (χ1) is 14.3. The minimum atomic E-state index is -4.64. The van der Waals surface area contributed by atoms with Crippen LogP contribution in [0.3, 0.4) is 0 Å². The van der Waals surface area contributed by atoms with Gasteiger partial charge in [-0.25, -0.2) is 4.98 Å². The highest BCUT2D eigenvalue weighted by atomic mass is 19.4. The molecule has 10 heteroatoms. The molecule has 2 amide bonds. The zero-order valence-corrected chi connectivity index (χ0v) is 18.0. The molecule has 2 N–H and O–H groups in total. The number of benzene rings is 1. The number of likely N-dealkylation sites (N-methyl/N-ethyl adjacent to an activating group) is 1. The number of hydrogen-bond acceptors (Lipinski definition) is 4. The lowest BCUT2D eigenvalue weighted by Crippen LogP contribution is -2.41. The van der Waals surface area contributed by atoms with Crippen molar-refractivity contribution in [1.29, 1.82) is 0 Å². The fourth-order valence-electron chi connectivity index (χ4n) is 2.88. The summed E-state index contributed by atoms with van der Waals surface area (Å²) in [4.78, 5) is 45.8. The molecule has 7 nitrogen and oxygen atoms in total. The lowest BCUT2D eigenvalue weighted by molar-refractivity contribution is -0.137. The van der Waals surface area contributed by atoms with E-state index in [4.69, 9.17) is 0 Å². The SMILES string of the molecule is CCN(CC(=O)Nc1ccccc1C(F)(F)F)C(=O)c1c(C)nc(C(C)(C)C)[nH]c1=O. The van der Waals surface area contributed by atoms with Gasteiger partial charge >= 0.3 is 6.18 Å². The van der Waals surface area contributed by atoms with Gasteiger partial charge in [0.2, 0.25) is 5.91 Å². The molecule has 2 rings (SSSR count). The van der Waals surface area contributed by atoms with E-state index in [1.165, 1.54) is 19.1 Å². The number of amides is 2. The smallest absolute Gasteiger partial charge is 0.329 e. The molecule has 1 aromatic carbocycles. The van der Waals surface area contributed by atoms with Gasteiger partial charge in [0.15, 0.2) is 0 Å². The molecule has 0 aliphatic heterocycles. The van der Waals surface area contributed by atoms with Crippen molar-refractivity contribution < 1.29 is 22.8 Å². The number of aromatic nitrogens is 2. The number of rotatable bonds is 5. The minimum Gasteiger partial charge on any atom is -0.329 e. The molecule has 0 saturated carbocycles. The van der Waals surface area contributed by atoms with Crippen LogP contribution in [-0.2, 0) is 16.4 Å². The van der Waals surface area contributed by atoms with Gasteiger partial charge in [-0.1, -0.05) is 32.9 Å². The Hall–Kier alpha value is -3.17. The van der Waals surface area contributed by atoms with Crippen LogP contribution < -0.4 is 10.9 Å². The highest BCUT2D eigenvalue weighted by Crippen LogP contribution is 2.34. The van der Waals surface area contributed by atoms with Crippen molar-refractivity contribution in [3.63, 3.8) is 0 Å². The van der Waals surface area contributed by atoms with Crippen LogP contribution in [0.4, 0.5) is 18.9 Å². The Balaban J connectivity index is 2.26. The average Bonchev–Trinajstić information content (AvgIpc) is 2.64. The topological polar surface area (TPSA) is 95.2 Å². The predicted octanol–water partition coefficient (Wildman–Crippen LogP) is 3.50.